The molecule has 1 heterocycles. The van der Waals surface area contributed by atoms with E-state index in [0.29, 0.717) is 10.9 Å². The fraction of sp³-hybridized carbons (Fsp3) is 0.0909. The number of rotatable bonds is 1. The second-order valence-electron chi connectivity index (χ2n) is 3.30. The van der Waals surface area contributed by atoms with Crippen molar-refractivity contribution in [2.24, 2.45) is 0 Å². The van der Waals surface area contributed by atoms with E-state index in [1.807, 2.05) is 0 Å². The normalized spacial score (nSPS) is 10.5. The van der Waals surface area contributed by atoms with Crippen molar-refractivity contribution in [1.29, 1.82) is 0 Å². The number of hydrogen-bond donors (Lipinski definition) is 2. The zero-order valence-electron chi connectivity index (χ0n) is 8.07. The molecule has 2 aromatic rings. The molecule has 0 aliphatic carbocycles. The molecule has 0 aliphatic rings. The lowest BCUT2D eigenvalue weighted by molar-refractivity contribution is 0.0698. The van der Waals surface area contributed by atoms with Crippen molar-refractivity contribution in [3.05, 3.63) is 45.7 Å². The predicted molar refractivity (Wildman–Crippen MR) is 56.3 cm³/mol. The molecule has 0 spiro atoms. The Balaban J connectivity index is 3.02. The average molecular weight is 203 g/mol. The average Bonchev–Trinajstić information content (AvgIpc) is 2.19. The highest BCUT2D eigenvalue weighted by Crippen LogP contribution is 2.17. The van der Waals surface area contributed by atoms with Crippen LogP contribution in [-0.2, 0) is 0 Å². The number of pyridine rings is 1. The standard InChI is InChI=1S/C11H9NO3/c1-6-9(11(14)15)7-4-2-3-5-8(7)12-10(6)13/h2-5H,1H3,(H,12,13)(H,14,15). The van der Waals surface area contributed by atoms with Crippen LogP contribution < -0.4 is 5.56 Å². The quantitative estimate of drug-likeness (QED) is 0.738. The van der Waals surface area contributed by atoms with Gasteiger partial charge in [-0.2, -0.15) is 0 Å². The van der Waals surface area contributed by atoms with Crippen molar-refractivity contribution in [3.8, 4) is 0 Å². The fourth-order valence-corrected chi connectivity index (χ4v) is 1.62. The van der Waals surface area contributed by atoms with Crippen LogP contribution in [0.4, 0.5) is 0 Å². The second kappa shape index (κ2) is 3.24. The van der Waals surface area contributed by atoms with E-state index in [0.717, 1.165) is 0 Å². The lowest BCUT2D eigenvalue weighted by Crippen LogP contribution is -2.15. The van der Waals surface area contributed by atoms with E-state index in [1.54, 1.807) is 24.3 Å². The zero-order chi connectivity index (χ0) is 11.0. The number of aromatic carboxylic acids is 1. The first-order valence-corrected chi connectivity index (χ1v) is 4.46. The number of H-pyrrole nitrogens is 1. The van der Waals surface area contributed by atoms with E-state index < -0.39 is 5.97 Å². The van der Waals surface area contributed by atoms with Gasteiger partial charge in [-0.3, -0.25) is 4.79 Å². The van der Waals surface area contributed by atoms with Gasteiger partial charge in [0.1, 0.15) is 0 Å². The van der Waals surface area contributed by atoms with Gasteiger partial charge in [-0.25, -0.2) is 4.79 Å². The summed E-state index contributed by atoms with van der Waals surface area (Å²) in [5, 5.41) is 9.59. The molecule has 0 amide bonds. The Labute approximate surface area is 85.2 Å². The predicted octanol–water partition coefficient (Wildman–Crippen LogP) is 1.53. The molecule has 2 N–H and O–H groups in total. The first-order chi connectivity index (χ1) is 7.11. The maximum atomic E-state index is 11.4. The van der Waals surface area contributed by atoms with E-state index in [9.17, 15) is 9.59 Å². The maximum Gasteiger partial charge on any atom is 0.336 e. The summed E-state index contributed by atoms with van der Waals surface area (Å²) < 4.78 is 0. The summed E-state index contributed by atoms with van der Waals surface area (Å²) in [4.78, 5) is 25.1. The fourth-order valence-electron chi connectivity index (χ4n) is 1.62. The number of hydrogen-bond acceptors (Lipinski definition) is 2. The molecule has 0 saturated heterocycles. The van der Waals surface area contributed by atoms with Gasteiger partial charge >= 0.3 is 5.97 Å². The summed E-state index contributed by atoms with van der Waals surface area (Å²) >= 11 is 0. The van der Waals surface area contributed by atoms with Gasteiger partial charge in [0.25, 0.3) is 5.56 Å². The zero-order valence-corrected chi connectivity index (χ0v) is 8.07. The Morgan fingerprint density at radius 1 is 1.33 bits per heavy atom. The Morgan fingerprint density at radius 2 is 2.00 bits per heavy atom. The monoisotopic (exact) mass is 203 g/mol. The van der Waals surface area contributed by atoms with Gasteiger partial charge in [0.2, 0.25) is 0 Å². The summed E-state index contributed by atoms with van der Waals surface area (Å²) in [6, 6.07) is 6.86. The number of nitrogens with one attached hydrogen (secondary N) is 1. The van der Waals surface area contributed by atoms with E-state index in [1.165, 1.54) is 6.92 Å². The van der Waals surface area contributed by atoms with Crippen LogP contribution in [0, 0.1) is 6.92 Å². The molecule has 2 rings (SSSR count). The van der Waals surface area contributed by atoms with Crippen molar-refractivity contribution >= 4 is 16.9 Å². The highest BCUT2D eigenvalue weighted by atomic mass is 16.4. The van der Waals surface area contributed by atoms with E-state index in [-0.39, 0.29) is 16.7 Å². The summed E-state index contributed by atoms with van der Waals surface area (Å²) in [6.07, 6.45) is 0. The Bertz CT molecular complexity index is 598. The summed E-state index contributed by atoms with van der Waals surface area (Å²) in [5.41, 5.74) is 0.507. The van der Waals surface area contributed by atoms with Crippen LogP contribution in [0.15, 0.2) is 29.1 Å². The van der Waals surface area contributed by atoms with E-state index in [2.05, 4.69) is 4.98 Å². The maximum absolute atomic E-state index is 11.4. The minimum atomic E-state index is -1.07. The molecule has 0 atom stereocenters. The molecule has 4 heteroatoms. The smallest absolute Gasteiger partial charge is 0.336 e. The molecule has 0 radical (unpaired) electrons. The Kier molecular flexibility index (Phi) is 2.04. The molecular formula is C11H9NO3. The van der Waals surface area contributed by atoms with Crippen LogP contribution in [0.2, 0.25) is 0 Å². The van der Waals surface area contributed by atoms with Gasteiger partial charge in [-0.05, 0) is 13.0 Å². The number of para-hydroxylation sites is 1. The molecule has 0 aliphatic heterocycles. The van der Waals surface area contributed by atoms with Gasteiger partial charge in [-0.1, -0.05) is 18.2 Å². The molecule has 0 fully saturated rings. The number of benzene rings is 1. The van der Waals surface area contributed by atoms with Crippen molar-refractivity contribution < 1.29 is 9.90 Å². The van der Waals surface area contributed by atoms with Crippen LogP contribution in [0.5, 0.6) is 0 Å². The van der Waals surface area contributed by atoms with Gasteiger partial charge in [0.05, 0.1) is 5.56 Å². The highest BCUT2D eigenvalue weighted by molar-refractivity contribution is 6.03. The number of fused-ring (bicyclic) bond motifs is 1. The third-order valence-electron chi connectivity index (χ3n) is 2.37. The van der Waals surface area contributed by atoms with Crippen LogP contribution in [0.25, 0.3) is 10.9 Å². The van der Waals surface area contributed by atoms with Gasteiger partial charge in [-0.15, -0.1) is 0 Å². The topological polar surface area (TPSA) is 70.2 Å². The molecule has 76 valence electrons. The summed E-state index contributed by atoms with van der Waals surface area (Å²) in [7, 11) is 0. The van der Waals surface area contributed by atoms with E-state index in [4.69, 9.17) is 5.11 Å². The molecule has 1 aromatic carbocycles. The SMILES string of the molecule is Cc1c(C(=O)O)c2ccccc2[nH]c1=O. The minimum Gasteiger partial charge on any atom is -0.478 e. The lowest BCUT2D eigenvalue weighted by atomic mass is 10.0. The van der Waals surface area contributed by atoms with Crippen molar-refractivity contribution in [3.63, 3.8) is 0 Å². The molecular weight excluding hydrogens is 194 g/mol. The van der Waals surface area contributed by atoms with Crippen LogP contribution >= 0.6 is 0 Å². The van der Waals surface area contributed by atoms with E-state index >= 15 is 0 Å². The summed E-state index contributed by atoms with van der Waals surface area (Å²) in [5.74, 6) is -1.07. The minimum absolute atomic E-state index is 0.0781. The Morgan fingerprint density at radius 3 is 2.67 bits per heavy atom. The number of aromatic nitrogens is 1. The number of aromatic amines is 1. The third kappa shape index (κ3) is 1.40. The molecule has 4 nitrogen and oxygen atoms in total. The molecule has 0 saturated carbocycles. The molecule has 1 aromatic heterocycles. The number of carboxylic acids is 1. The van der Waals surface area contributed by atoms with Crippen LogP contribution in [0.3, 0.4) is 0 Å². The first kappa shape index (κ1) is 9.45. The lowest BCUT2D eigenvalue weighted by Gasteiger charge is -2.04. The van der Waals surface area contributed by atoms with Gasteiger partial charge in [0, 0.05) is 16.5 Å². The van der Waals surface area contributed by atoms with Crippen LogP contribution in [0.1, 0.15) is 15.9 Å². The van der Waals surface area contributed by atoms with Crippen molar-refractivity contribution in [2.45, 2.75) is 6.92 Å². The number of carboxylic acid groups (broad SMARTS) is 1. The first-order valence-electron chi connectivity index (χ1n) is 4.46. The van der Waals surface area contributed by atoms with Crippen molar-refractivity contribution in [2.75, 3.05) is 0 Å². The highest BCUT2D eigenvalue weighted by Gasteiger charge is 2.14. The third-order valence-corrected chi connectivity index (χ3v) is 2.37. The Hall–Kier alpha value is -2.10. The number of carbonyl (C=O) groups is 1. The molecule has 15 heavy (non-hydrogen) atoms. The van der Waals surface area contributed by atoms with Crippen molar-refractivity contribution in [1.82, 2.24) is 4.98 Å². The second-order valence-corrected chi connectivity index (χ2v) is 3.30. The van der Waals surface area contributed by atoms with Gasteiger partial charge in [0.15, 0.2) is 0 Å². The van der Waals surface area contributed by atoms with Gasteiger partial charge < -0.3 is 10.1 Å². The van der Waals surface area contributed by atoms with Crippen LogP contribution in [-0.4, -0.2) is 16.1 Å². The largest absolute Gasteiger partial charge is 0.478 e. The summed E-state index contributed by atoms with van der Waals surface area (Å²) in [6.45, 7) is 1.51. The molecule has 0 unspecified atom stereocenters. The molecule has 0 bridgehead atoms.